The Morgan fingerprint density at radius 3 is 1.84 bits per heavy atom. The highest BCUT2D eigenvalue weighted by atomic mass is 32.2. The van der Waals surface area contributed by atoms with Crippen molar-refractivity contribution in [2.45, 2.75) is 122 Å². The largest absolute Gasteiger partial charge is 0.332 e. The van der Waals surface area contributed by atoms with Crippen LogP contribution >= 0.6 is 0 Å². The molecule has 0 bridgehead atoms. The minimum absolute atomic E-state index is 0.0339. The van der Waals surface area contributed by atoms with Gasteiger partial charge in [0.2, 0.25) is 20.0 Å². The van der Waals surface area contributed by atoms with E-state index in [1.165, 1.54) is 22.3 Å². The van der Waals surface area contributed by atoms with Gasteiger partial charge in [0, 0.05) is 11.4 Å². The van der Waals surface area contributed by atoms with Gasteiger partial charge in [-0.1, -0.05) is 26.0 Å². The molecule has 4 N–H and O–H groups in total. The second-order valence-electron chi connectivity index (χ2n) is 18.1. The van der Waals surface area contributed by atoms with Crippen molar-refractivity contribution < 1.29 is 26.4 Å². The van der Waals surface area contributed by atoms with Gasteiger partial charge < -0.3 is 20.4 Å². The van der Waals surface area contributed by atoms with Crippen molar-refractivity contribution in [2.75, 3.05) is 61.4 Å². The van der Waals surface area contributed by atoms with Crippen LogP contribution in [0, 0.1) is 17.8 Å². The summed E-state index contributed by atoms with van der Waals surface area (Å²) in [5.41, 5.74) is 11.0. The lowest BCUT2D eigenvalue weighted by Crippen LogP contribution is -2.41. The molecule has 2 aliphatic heterocycles. The van der Waals surface area contributed by atoms with Crippen molar-refractivity contribution in [3.8, 4) is 0 Å². The topological polar surface area (TPSA) is 157 Å². The molecule has 2 fully saturated rings. The molecule has 2 atom stereocenters. The normalized spacial score (nSPS) is 22.7. The molecule has 2 aromatic carbocycles. The summed E-state index contributed by atoms with van der Waals surface area (Å²) in [5.74, 6) is 0.823. The summed E-state index contributed by atoms with van der Waals surface area (Å²) in [7, 11) is -7.62. The SMILES string of the molecule is CCN1CCC(CCCS(=O)(=O)NC(=O)Nc2c3c(cc4c2CC(C2CCc5cc6c(c(NC(=O)NS(=O)(=O)CC7CCN(CC)CC7)c52)CCC6)C4)CCC3)CC1. The molecule has 2 saturated heterocycles. The fraction of sp³-hybridized carbons (Fsp3) is 0.682. The summed E-state index contributed by atoms with van der Waals surface area (Å²) < 4.78 is 57.4. The first-order valence-corrected chi connectivity index (χ1v) is 25.6. The number of sulfonamides is 2. The van der Waals surface area contributed by atoms with Gasteiger partial charge in [-0.2, -0.15) is 0 Å². The Kier molecular flexibility index (Phi) is 12.5. The highest BCUT2D eigenvalue weighted by Gasteiger charge is 2.40. The third-order valence-corrected chi connectivity index (χ3v) is 17.2. The van der Waals surface area contributed by atoms with Gasteiger partial charge in [0.1, 0.15) is 0 Å². The molecule has 2 heterocycles. The molecule has 2 aromatic rings. The lowest BCUT2D eigenvalue weighted by atomic mass is 9.83. The number of urea groups is 2. The molecular weight excluding hydrogens is 773 g/mol. The van der Waals surface area contributed by atoms with Crippen LogP contribution in [0.1, 0.15) is 122 Å². The van der Waals surface area contributed by atoms with E-state index in [1.807, 2.05) is 0 Å². The van der Waals surface area contributed by atoms with E-state index in [-0.39, 0.29) is 29.3 Å². The fourth-order valence-electron chi connectivity index (χ4n) is 11.4. The monoisotopic (exact) mass is 836 g/mol. The van der Waals surface area contributed by atoms with Crippen LogP contribution in [0.4, 0.5) is 21.0 Å². The molecule has 58 heavy (non-hydrogen) atoms. The second kappa shape index (κ2) is 17.4. The van der Waals surface area contributed by atoms with Gasteiger partial charge in [0.25, 0.3) is 0 Å². The zero-order chi connectivity index (χ0) is 40.6. The Hall–Kier alpha value is -3.20. The highest BCUT2D eigenvalue weighted by molar-refractivity contribution is 7.90. The lowest BCUT2D eigenvalue weighted by molar-refractivity contribution is 0.186. The van der Waals surface area contributed by atoms with Crippen molar-refractivity contribution in [2.24, 2.45) is 17.8 Å². The number of amides is 4. The van der Waals surface area contributed by atoms with E-state index in [4.69, 9.17) is 0 Å². The molecule has 14 heteroatoms. The quantitative estimate of drug-likeness (QED) is 0.185. The Labute approximate surface area is 346 Å². The lowest BCUT2D eigenvalue weighted by Gasteiger charge is -2.30. The zero-order valence-electron chi connectivity index (χ0n) is 34.6. The van der Waals surface area contributed by atoms with Crippen LogP contribution in [0.25, 0.3) is 0 Å². The molecule has 318 valence electrons. The minimum atomic E-state index is -3.82. The van der Waals surface area contributed by atoms with Crippen LogP contribution in [0.3, 0.4) is 0 Å². The average Bonchev–Trinajstić information content (AvgIpc) is 4.01. The molecule has 0 spiro atoms. The van der Waals surface area contributed by atoms with Gasteiger partial charge >= 0.3 is 12.1 Å². The van der Waals surface area contributed by atoms with E-state index in [1.54, 1.807) is 0 Å². The number of fused-ring (bicyclic) bond motifs is 4. The summed E-state index contributed by atoms with van der Waals surface area (Å²) in [4.78, 5) is 31.8. The maximum Gasteiger partial charge on any atom is 0.332 e. The minimum Gasteiger partial charge on any atom is -0.307 e. The summed E-state index contributed by atoms with van der Waals surface area (Å²) in [6.07, 6.45) is 14.2. The average molecular weight is 837 g/mol. The van der Waals surface area contributed by atoms with E-state index in [0.717, 1.165) is 169 Å². The number of rotatable bonds is 13. The van der Waals surface area contributed by atoms with Crippen molar-refractivity contribution in [1.82, 2.24) is 19.2 Å². The molecule has 12 nitrogen and oxygen atoms in total. The van der Waals surface area contributed by atoms with Crippen LogP contribution in [-0.4, -0.2) is 89.5 Å². The molecule has 8 rings (SSSR count). The van der Waals surface area contributed by atoms with Crippen molar-refractivity contribution in [1.29, 1.82) is 0 Å². The highest BCUT2D eigenvalue weighted by Crippen LogP contribution is 2.51. The first-order chi connectivity index (χ1) is 27.9. The molecule has 2 unspecified atom stereocenters. The number of hydrogen-bond acceptors (Lipinski definition) is 8. The standard InChI is InChI=1S/C44H64N6O6S2/c1-3-49-19-15-29(16-20-49)8-7-23-57(53,54)47-43(51)45-41-37-11-5-10-32(37)25-34-26-35(27-39(34)41)36-14-13-33-24-31-9-6-12-38(31)42(40(33)36)46-44(52)48-58(55,56)28-30-17-21-50(4-2)22-18-30/h24-25,29-30,35-36H,3-23,26-28H2,1-2H3,(H2,45,47,51)(H2,46,48,52). The molecule has 0 radical (unpaired) electrons. The fourth-order valence-corrected chi connectivity index (χ4v) is 13.8. The van der Waals surface area contributed by atoms with Gasteiger partial charge in [0.05, 0.1) is 11.5 Å². The van der Waals surface area contributed by atoms with E-state index < -0.39 is 32.1 Å². The predicted octanol–water partition coefficient (Wildman–Crippen LogP) is 6.26. The van der Waals surface area contributed by atoms with Gasteiger partial charge in [-0.05, 0) is 210 Å². The van der Waals surface area contributed by atoms with E-state index in [9.17, 15) is 26.4 Å². The Balaban J connectivity index is 0.952. The third-order valence-electron chi connectivity index (χ3n) is 14.5. The summed E-state index contributed by atoms with van der Waals surface area (Å²) in [6.45, 7) is 10.2. The van der Waals surface area contributed by atoms with Crippen LogP contribution in [-0.2, 0) is 65.0 Å². The van der Waals surface area contributed by atoms with E-state index in [2.05, 4.69) is 55.9 Å². The van der Waals surface area contributed by atoms with E-state index >= 15 is 0 Å². The van der Waals surface area contributed by atoms with Gasteiger partial charge in [-0.15, -0.1) is 0 Å². The number of carbonyl (C=O) groups excluding carboxylic acids is 2. The molecule has 6 aliphatic rings. The number of nitrogens with zero attached hydrogens (tertiary/aromatic N) is 2. The first-order valence-electron chi connectivity index (χ1n) is 22.3. The summed E-state index contributed by atoms with van der Waals surface area (Å²) in [6, 6.07) is 3.26. The van der Waals surface area contributed by atoms with Crippen LogP contribution in [0.5, 0.6) is 0 Å². The number of hydrogen-bond donors (Lipinski definition) is 4. The Morgan fingerprint density at radius 2 is 1.21 bits per heavy atom. The van der Waals surface area contributed by atoms with Crippen LogP contribution in [0.15, 0.2) is 12.1 Å². The molecule has 4 amide bonds. The summed E-state index contributed by atoms with van der Waals surface area (Å²) >= 11 is 0. The predicted molar refractivity (Wildman–Crippen MR) is 230 cm³/mol. The van der Waals surface area contributed by atoms with Crippen molar-refractivity contribution >= 4 is 43.5 Å². The van der Waals surface area contributed by atoms with Crippen LogP contribution in [0.2, 0.25) is 0 Å². The number of nitrogens with one attached hydrogen (secondary N) is 4. The first kappa shape index (κ1) is 41.5. The zero-order valence-corrected chi connectivity index (χ0v) is 36.2. The number of piperidine rings is 2. The Bertz CT molecular complexity index is 2110. The Morgan fingerprint density at radius 1 is 0.638 bits per heavy atom. The number of aryl methyl sites for hydroxylation is 3. The molecular formula is C44H64N6O6S2. The van der Waals surface area contributed by atoms with Crippen LogP contribution < -0.4 is 20.1 Å². The maximum absolute atomic E-state index is 13.6. The second-order valence-corrected chi connectivity index (χ2v) is 21.7. The van der Waals surface area contributed by atoms with Gasteiger partial charge in [-0.25, -0.2) is 35.9 Å². The van der Waals surface area contributed by atoms with Crippen molar-refractivity contribution in [3.05, 3.63) is 56.6 Å². The number of carbonyl (C=O) groups is 2. The molecule has 0 saturated carbocycles. The molecule has 4 aliphatic carbocycles. The number of benzene rings is 2. The van der Waals surface area contributed by atoms with E-state index in [0.29, 0.717) is 12.3 Å². The molecule has 0 aromatic heterocycles. The number of likely N-dealkylation sites (tertiary alicyclic amines) is 2. The van der Waals surface area contributed by atoms with Crippen molar-refractivity contribution in [3.63, 3.8) is 0 Å². The number of anilines is 2. The van der Waals surface area contributed by atoms with Gasteiger partial charge in [-0.3, -0.25) is 0 Å². The van der Waals surface area contributed by atoms with Gasteiger partial charge in [0.15, 0.2) is 0 Å². The summed E-state index contributed by atoms with van der Waals surface area (Å²) in [5, 5.41) is 6.15. The third kappa shape index (κ3) is 9.24. The maximum atomic E-state index is 13.6. The smallest absolute Gasteiger partial charge is 0.307 e.